The van der Waals surface area contributed by atoms with Gasteiger partial charge in [-0.3, -0.25) is 9.59 Å². The zero-order valence-electron chi connectivity index (χ0n) is 17.1. The first kappa shape index (κ1) is 23.1. The third-order valence-electron chi connectivity index (χ3n) is 4.34. The Morgan fingerprint density at radius 2 is 1.84 bits per heavy atom. The molecule has 0 aliphatic rings. The van der Waals surface area contributed by atoms with Gasteiger partial charge in [0.15, 0.2) is 11.5 Å². The summed E-state index contributed by atoms with van der Waals surface area (Å²) in [6.45, 7) is -1.24. The van der Waals surface area contributed by atoms with E-state index in [1.54, 1.807) is 19.1 Å². The molecule has 0 radical (unpaired) electrons. The number of hydrogen-bond donors (Lipinski definition) is 2. The summed E-state index contributed by atoms with van der Waals surface area (Å²) in [7, 11) is 1.33. The van der Waals surface area contributed by atoms with Crippen LogP contribution in [0.15, 0.2) is 48.5 Å². The number of benzene rings is 2. The molecule has 3 rings (SSSR count). The lowest BCUT2D eigenvalue weighted by atomic mass is 10.2. The van der Waals surface area contributed by atoms with E-state index in [2.05, 4.69) is 15.4 Å². The summed E-state index contributed by atoms with van der Waals surface area (Å²) in [5.74, 6) is -1.41. The topological polar surface area (TPSA) is 76.7 Å². The molecule has 2 N–H and O–H groups in total. The molecule has 32 heavy (non-hydrogen) atoms. The molecule has 0 spiro atoms. The molecule has 0 saturated carbocycles. The second-order valence-electron chi connectivity index (χ2n) is 6.63. The van der Waals surface area contributed by atoms with Gasteiger partial charge in [-0.15, -0.1) is 11.3 Å². The third-order valence-corrected chi connectivity index (χ3v) is 5.50. The fourth-order valence-electron chi connectivity index (χ4n) is 2.86. The Labute approximate surface area is 186 Å². The van der Waals surface area contributed by atoms with Crippen LogP contribution in [-0.2, 0) is 6.54 Å². The molecule has 0 fully saturated rings. The number of rotatable bonds is 8. The highest BCUT2D eigenvalue weighted by atomic mass is 32.1. The van der Waals surface area contributed by atoms with Gasteiger partial charge in [0.05, 0.1) is 17.0 Å². The van der Waals surface area contributed by atoms with Crippen molar-refractivity contribution >= 4 is 28.2 Å². The fourth-order valence-corrected chi connectivity index (χ4v) is 3.85. The van der Waals surface area contributed by atoms with E-state index in [4.69, 9.17) is 4.74 Å². The molecule has 3 aromatic rings. The number of ether oxygens (including phenoxy) is 2. The van der Waals surface area contributed by atoms with Crippen molar-refractivity contribution in [2.45, 2.75) is 20.1 Å². The Balaban J connectivity index is 1.66. The summed E-state index contributed by atoms with van der Waals surface area (Å²) < 4.78 is 47.9. The number of alkyl halides is 2. The lowest BCUT2D eigenvalue weighted by Crippen LogP contribution is -2.22. The van der Waals surface area contributed by atoms with E-state index in [9.17, 15) is 22.8 Å². The highest BCUT2D eigenvalue weighted by molar-refractivity contribution is 7.18. The smallest absolute Gasteiger partial charge is 0.387 e. The Kier molecular flexibility index (Phi) is 7.37. The molecule has 168 valence electrons. The number of hydrogen-bond acceptors (Lipinski definition) is 5. The standard InChI is InChI=1S/C22H19F3N2O4S/c1-12-8-18(27-20(28)14-4-3-5-15(23)10-14)32-19(12)21(29)26-11-13-6-7-16(30-2)17(9-13)31-22(24)25/h3-10,22H,11H2,1-2H3,(H,26,29)(H,27,28). The van der Waals surface area contributed by atoms with E-state index < -0.39 is 24.2 Å². The minimum atomic E-state index is -3.01. The summed E-state index contributed by atoms with van der Waals surface area (Å²) in [4.78, 5) is 25.3. The number of anilines is 1. The van der Waals surface area contributed by atoms with Gasteiger partial charge in [-0.1, -0.05) is 12.1 Å². The molecular weight excluding hydrogens is 445 g/mol. The van der Waals surface area contributed by atoms with Crippen molar-refractivity contribution in [3.05, 3.63) is 75.9 Å². The van der Waals surface area contributed by atoms with Crippen LogP contribution in [0.1, 0.15) is 31.2 Å². The van der Waals surface area contributed by atoms with Gasteiger partial charge in [-0.2, -0.15) is 8.78 Å². The van der Waals surface area contributed by atoms with Crippen molar-refractivity contribution in [2.24, 2.45) is 0 Å². The Morgan fingerprint density at radius 1 is 1.06 bits per heavy atom. The molecule has 0 bridgehead atoms. The van der Waals surface area contributed by atoms with Gasteiger partial charge in [0.1, 0.15) is 5.82 Å². The van der Waals surface area contributed by atoms with Crippen LogP contribution in [0.25, 0.3) is 0 Å². The van der Waals surface area contributed by atoms with Crippen LogP contribution < -0.4 is 20.1 Å². The van der Waals surface area contributed by atoms with E-state index in [0.717, 1.165) is 17.4 Å². The minimum Gasteiger partial charge on any atom is -0.493 e. The fraction of sp³-hybridized carbons (Fsp3) is 0.182. The average molecular weight is 464 g/mol. The summed E-state index contributed by atoms with van der Waals surface area (Å²) >= 11 is 1.07. The molecule has 1 aromatic heterocycles. The maximum Gasteiger partial charge on any atom is 0.387 e. The summed E-state index contributed by atoms with van der Waals surface area (Å²) in [5, 5.41) is 5.78. The van der Waals surface area contributed by atoms with Gasteiger partial charge in [-0.25, -0.2) is 4.39 Å². The summed E-state index contributed by atoms with van der Waals surface area (Å²) in [5.41, 5.74) is 1.32. The van der Waals surface area contributed by atoms with Crippen molar-refractivity contribution in [2.75, 3.05) is 12.4 Å². The van der Waals surface area contributed by atoms with Crippen molar-refractivity contribution in [3.63, 3.8) is 0 Å². The second-order valence-corrected chi connectivity index (χ2v) is 7.69. The van der Waals surface area contributed by atoms with E-state index in [1.165, 1.54) is 37.4 Å². The van der Waals surface area contributed by atoms with Crippen LogP contribution in [0.4, 0.5) is 18.2 Å². The predicted molar refractivity (Wildman–Crippen MR) is 114 cm³/mol. The first-order valence-electron chi connectivity index (χ1n) is 9.34. The highest BCUT2D eigenvalue weighted by Crippen LogP contribution is 2.30. The van der Waals surface area contributed by atoms with Gasteiger partial charge in [0, 0.05) is 12.1 Å². The van der Waals surface area contributed by atoms with Crippen molar-refractivity contribution in [1.29, 1.82) is 0 Å². The molecule has 0 aliphatic carbocycles. The number of halogens is 3. The van der Waals surface area contributed by atoms with Crippen LogP contribution in [0.2, 0.25) is 0 Å². The number of thiophene rings is 1. The number of amides is 2. The molecule has 0 unspecified atom stereocenters. The zero-order chi connectivity index (χ0) is 23.3. The van der Waals surface area contributed by atoms with Gasteiger partial charge in [0.2, 0.25) is 0 Å². The molecule has 0 atom stereocenters. The van der Waals surface area contributed by atoms with Crippen LogP contribution in [-0.4, -0.2) is 25.5 Å². The number of carbonyl (C=O) groups is 2. The van der Waals surface area contributed by atoms with Crippen LogP contribution >= 0.6 is 11.3 Å². The highest BCUT2D eigenvalue weighted by Gasteiger charge is 2.17. The minimum absolute atomic E-state index is 0.0603. The number of carbonyl (C=O) groups excluding carboxylic acids is 2. The first-order chi connectivity index (χ1) is 15.3. The molecule has 10 heteroatoms. The molecule has 2 aromatic carbocycles. The van der Waals surface area contributed by atoms with Crippen molar-refractivity contribution < 1.29 is 32.2 Å². The Morgan fingerprint density at radius 3 is 2.53 bits per heavy atom. The molecule has 2 amide bonds. The predicted octanol–water partition coefficient (Wildman–Crippen LogP) is 4.99. The zero-order valence-corrected chi connectivity index (χ0v) is 17.9. The lowest BCUT2D eigenvalue weighted by molar-refractivity contribution is -0.0512. The monoisotopic (exact) mass is 464 g/mol. The van der Waals surface area contributed by atoms with Crippen LogP contribution in [0.3, 0.4) is 0 Å². The van der Waals surface area contributed by atoms with Gasteiger partial charge < -0.3 is 20.1 Å². The lowest BCUT2D eigenvalue weighted by Gasteiger charge is -2.12. The maximum absolute atomic E-state index is 13.3. The van der Waals surface area contributed by atoms with Crippen LogP contribution in [0, 0.1) is 12.7 Å². The second kappa shape index (κ2) is 10.2. The third kappa shape index (κ3) is 5.79. The largest absolute Gasteiger partial charge is 0.493 e. The van der Waals surface area contributed by atoms with Gasteiger partial charge in [0.25, 0.3) is 11.8 Å². The molecule has 0 saturated heterocycles. The molecular formula is C22H19F3N2O4S. The van der Waals surface area contributed by atoms with Crippen LogP contribution in [0.5, 0.6) is 11.5 Å². The van der Waals surface area contributed by atoms with Crippen molar-refractivity contribution in [1.82, 2.24) is 5.32 Å². The Bertz CT molecular complexity index is 1130. The summed E-state index contributed by atoms with van der Waals surface area (Å²) in [6, 6.07) is 11.3. The Hall–Kier alpha value is -3.53. The SMILES string of the molecule is COc1ccc(CNC(=O)c2sc(NC(=O)c3cccc(F)c3)cc2C)cc1OC(F)F. The van der Waals surface area contributed by atoms with Gasteiger partial charge >= 0.3 is 6.61 Å². The van der Waals surface area contributed by atoms with E-state index in [-0.39, 0.29) is 23.6 Å². The quantitative estimate of drug-likeness (QED) is 0.493. The average Bonchev–Trinajstić information content (AvgIpc) is 3.11. The molecule has 0 aliphatic heterocycles. The van der Waals surface area contributed by atoms with Crippen molar-refractivity contribution in [3.8, 4) is 11.5 Å². The maximum atomic E-state index is 13.3. The molecule has 1 heterocycles. The van der Waals surface area contributed by atoms with Gasteiger partial charge in [-0.05, 0) is 54.4 Å². The number of nitrogens with one attached hydrogen (secondary N) is 2. The van der Waals surface area contributed by atoms with E-state index in [0.29, 0.717) is 21.0 Å². The molecule has 6 nitrogen and oxygen atoms in total. The van der Waals surface area contributed by atoms with E-state index >= 15 is 0 Å². The normalized spacial score (nSPS) is 10.7. The summed E-state index contributed by atoms with van der Waals surface area (Å²) in [6.07, 6.45) is 0. The number of methoxy groups -OCH3 is 1. The number of aryl methyl sites for hydroxylation is 1. The first-order valence-corrected chi connectivity index (χ1v) is 10.2. The van der Waals surface area contributed by atoms with E-state index in [1.807, 2.05) is 0 Å².